The van der Waals surface area contributed by atoms with Crippen LogP contribution in [0.2, 0.25) is 0 Å². The summed E-state index contributed by atoms with van der Waals surface area (Å²) in [7, 11) is 1.28. The Labute approximate surface area is 95.6 Å². The summed E-state index contributed by atoms with van der Waals surface area (Å²) in [6.07, 6.45) is -0.0444. The maximum Gasteiger partial charge on any atom is 0.317 e. The molecule has 0 N–H and O–H groups in total. The molecule has 0 heterocycles. The average molecular weight is 271 g/mol. The topological polar surface area (TPSA) is 26.3 Å². The lowest BCUT2D eigenvalue weighted by Crippen LogP contribution is -1.97. The van der Waals surface area contributed by atoms with Crippen molar-refractivity contribution >= 4 is 21.9 Å². The second-order valence-electron chi connectivity index (χ2n) is 2.65. The summed E-state index contributed by atoms with van der Waals surface area (Å²) >= 11 is 3.17. The standard InChI is InChI=1S/C11H8BrFO2/c1-15-11(14)7-2-4-8-9(12)5-3-6-10(8)13/h3,5-6H,7H2,1H3. The van der Waals surface area contributed by atoms with Crippen LogP contribution in [0, 0.1) is 17.7 Å². The van der Waals surface area contributed by atoms with E-state index >= 15 is 0 Å². The number of hydrogen-bond donors (Lipinski definition) is 0. The molecule has 0 saturated heterocycles. The summed E-state index contributed by atoms with van der Waals surface area (Å²) < 4.78 is 18.2. The number of rotatable bonds is 1. The van der Waals surface area contributed by atoms with Crippen LogP contribution in [0.4, 0.5) is 4.39 Å². The Morgan fingerprint density at radius 1 is 1.60 bits per heavy atom. The van der Waals surface area contributed by atoms with Crippen LogP contribution in [0.25, 0.3) is 0 Å². The number of benzene rings is 1. The lowest BCUT2D eigenvalue weighted by molar-refractivity contribution is -0.139. The Morgan fingerprint density at radius 3 is 2.93 bits per heavy atom. The van der Waals surface area contributed by atoms with Crippen LogP contribution in [-0.2, 0) is 9.53 Å². The number of carbonyl (C=O) groups excluding carboxylic acids is 1. The molecule has 1 aromatic rings. The van der Waals surface area contributed by atoms with Crippen LogP contribution in [0.1, 0.15) is 12.0 Å². The van der Waals surface area contributed by atoms with Crippen molar-refractivity contribution in [2.75, 3.05) is 7.11 Å². The van der Waals surface area contributed by atoms with E-state index in [1.54, 1.807) is 12.1 Å². The molecule has 2 nitrogen and oxygen atoms in total. The normalized spacial score (nSPS) is 9.00. The molecule has 0 aliphatic rings. The monoisotopic (exact) mass is 270 g/mol. The van der Waals surface area contributed by atoms with Gasteiger partial charge in [-0.25, -0.2) is 4.39 Å². The Kier molecular flexibility index (Phi) is 4.32. The predicted molar refractivity (Wildman–Crippen MR) is 57.6 cm³/mol. The molecule has 0 atom stereocenters. The molecule has 0 bridgehead atoms. The van der Waals surface area contributed by atoms with Crippen LogP contribution >= 0.6 is 15.9 Å². The molecule has 0 fully saturated rings. The summed E-state index contributed by atoms with van der Waals surface area (Å²) in [5.74, 6) is 4.26. The smallest absolute Gasteiger partial charge is 0.317 e. The quantitative estimate of drug-likeness (QED) is 0.579. The zero-order valence-corrected chi connectivity index (χ0v) is 9.60. The first-order valence-corrected chi connectivity index (χ1v) is 4.94. The summed E-state index contributed by atoms with van der Waals surface area (Å²) in [5.41, 5.74) is 0.251. The van der Waals surface area contributed by atoms with Gasteiger partial charge in [-0.05, 0) is 28.1 Å². The maximum atomic E-state index is 13.2. The highest BCUT2D eigenvalue weighted by atomic mass is 79.9. The highest BCUT2D eigenvalue weighted by Gasteiger charge is 2.02. The molecule has 0 aliphatic carbocycles. The van der Waals surface area contributed by atoms with Crippen molar-refractivity contribution < 1.29 is 13.9 Å². The first kappa shape index (κ1) is 11.7. The maximum absolute atomic E-state index is 13.2. The molecule has 0 saturated carbocycles. The van der Waals surface area contributed by atoms with Crippen LogP contribution < -0.4 is 0 Å². The fourth-order valence-corrected chi connectivity index (χ4v) is 1.34. The Hall–Kier alpha value is -1.34. The van der Waals surface area contributed by atoms with E-state index in [1.807, 2.05) is 0 Å². The van der Waals surface area contributed by atoms with E-state index < -0.39 is 11.8 Å². The van der Waals surface area contributed by atoms with E-state index in [4.69, 9.17) is 0 Å². The van der Waals surface area contributed by atoms with E-state index in [1.165, 1.54) is 13.2 Å². The molecule has 0 amide bonds. The van der Waals surface area contributed by atoms with Gasteiger partial charge in [0.25, 0.3) is 0 Å². The third-order valence-electron chi connectivity index (χ3n) is 1.64. The fraction of sp³-hybridized carbons (Fsp3) is 0.182. The number of halogens is 2. The van der Waals surface area contributed by atoms with Gasteiger partial charge in [-0.1, -0.05) is 17.9 Å². The van der Waals surface area contributed by atoms with Crippen molar-refractivity contribution in [1.29, 1.82) is 0 Å². The molecule has 4 heteroatoms. The van der Waals surface area contributed by atoms with Crippen LogP contribution in [-0.4, -0.2) is 13.1 Å². The number of methoxy groups -OCH3 is 1. The number of carbonyl (C=O) groups is 1. The van der Waals surface area contributed by atoms with Crippen molar-refractivity contribution in [3.63, 3.8) is 0 Å². The average Bonchev–Trinajstić information content (AvgIpc) is 2.22. The number of ether oxygens (including phenoxy) is 1. The molecule has 0 aliphatic heterocycles. The first-order valence-electron chi connectivity index (χ1n) is 4.15. The van der Waals surface area contributed by atoms with Crippen molar-refractivity contribution in [3.8, 4) is 11.8 Å². The van der Waals surface area contributed by atoms with Gasteiger partial charge >= 0.3 is 5.97 Å². The van der Waals surface area contributed by atoms with Crippen molar-refractivity contribution in [2.24, 2.45) is 0 Å². The first-order chi connectivity index (χ1) is 7.15. The number of esters is 1. The molecular weight excluding hydrogens is 263 g/mol. The molecule has 0 spiro atoms. The second kappa shape index (κ2) is 5.52. The van der Waals surface area contributed by atoms with Gasteiger partial charge in [-0.2, -0.15) is 0 Å². The van der Waals surface area contributed by atoms with Crippen LogP contribution in [0.5, 0.6) is 0 Å². The molecule has 15 heavy (non-hydrogen) atoms. The van der Waals surface area contributed by atoms with Gasteiger partial charge in [0.1, 0.15) is 12.2 Å². The molecular formula is C11H8BrFO2. The molecule has 78 valence electrons. The van der Waals surface area contributed by atoms with Crippen LogP contribution in [0.15, 0.2) is 22.7 Å². The van der Waals surface area contributed by atoms with E-state index in [2.05, 4.69) is 32.5 Å². The minimum Gasteiger partial charge on any atom is -0.468 e. The van der Waals surface area contributed by atoms with Gasteiger partial charge in [0.2, 0.25) is 0 Å². The molecule has 1 aromatic carbocycles. The molecule has 0 radical (unpaired) electrons. The van der Waals surface area contributed by atoms with Gasteiger partial charge in [0.15, 0.2) is 0 Å². The van der Waals surface area contributed by atoms with Gasteiger partial charge in [-0.15, -0.1) is 0 Å². The second-order valence-corrected chi connectivity index (χ2v) is 3.51. The number of hydrogen-bond acceptors (Lipinski definition) is 2. The highest BCUT2D eigenvalue weighted by Crippen LogP contribution is 2.18. The lowest BCUT2D eigenvalue weighted by Gasteiger charge is -1.96. The largest absolute Gasteiger partial charge is 0.468 e. The third-order valence-corrected chi connectivity index (χ3v) is 2.30. The zero-order valence-electron chi connectivity index (χ0n) is 8.01. The van der Waals surface area contributed by atoms with Gasteiger partial charge < -0.3 is 4.74 Å². The molecule has 0 unspecified atom stereocenters. The summed E-state index contributed by atoms with van der Waals surface area (Å²) in [6.45, 7) is 0. The summed E-state index contributed by atoms with van der Waals surface area (Å²) in [5, 5.41) is 0. The van der Waals surface area contributed by atoms with Crippen LogP contribution in [0.3, 0.4) is 0 Å². The Bertz CT molecular complexity index is 412. The van der Waals surface area contributed by atoms with Gasteiger partial charge in [0, 0.05) is 4.47 Å². The molecule has 1 rings (SSSR count). The fourth-order valence-electron chi connectivity index (χ4n) is 0.894. The third kappa shape index (κ3) is 3.37. The van der Waals surface area contributed by atoms with E-state index in [-0.39, 0.29) is 12.0 Å². The molecule has 0 aromatic heterocycles. The highest BCUT2D eigenvalue weighted by molar-refractivity contribution is 9.10. The van der Waals surface area contributed by atoms with Crippen molar-refractivity contribution in [2.45, 2.75) is 6.42 Å². The Balaban J connectivity index is 2.84. The van der Waals surface area contributed by atoms with E-state index in [9.17, 15) is 9.18 Å². The summed E-state index contributed by atoms with van der Waals surface area (Å²) in [6, 6.07) is 4.57. The van der Waals surface area contributed by atoms with Crippen molar-refractivity contribution in [1.82, 2.24) is 0 Å². The lowest BCUT2D eigenvalue weighted by atomic mass is 10.2. The minimum atomic E-state index is -0.435. The van der Waals surface area contributed by atoms with Gasteiger partial charge in [-0.3, -0.25) is 4.79 Å². The zero-order chi connectivity index (χ0) is 11.3. The van der Waals surface area contributed by atoms with E-state index in [0.29, 0.717) is 4.47 Å². The Morgan fingerprint density at radius 2 is 2.33 bits per heavy atom. The predicted octanol–water partition coefficient (Wildman–Crippen LogP) is 2.50. The van der Waals surface area contributed by atoms with Gasteiger partial charge in [0.05, 0.1) is 12.7 Å². The SMILES string of the molecule is COC(=O)CC#Cc1c(F)cccc1Br. The van der Waals surface area contributed by atoms with Crippen molar-refractivity contribution in [3.05, 3.63) is 34.1 Å². The minimum absolute atomic E-state index is 0.0444. The summed E-state index contributed by atoms with van der Waals surface area (Å²) in [4.78, 5) is 10.7. The van der Waals surface area contributed by atoms with E-state index in [0.717, 1.165) is 0 Å².